The van der Waals surface area contributed by atoms with E-state index in [1.165, 1.54) is 36.5 Å². The predicted octanol–water partition coefficient (Wildman–Crippen LogP) is 11.6. The molecule has 0 aliphatic carbocycles. The Hall–Kier alpha value is -5.72. The summed E-state index contributed by atoms with van der Waals surface area (Å²) in [4.78, 5) is 9.65. The highest BCUT2D eigenvalue weighted by Crippen LogP contribution is 2.41. The van der Waals surface area contributed by atoms with Gasteiger partial charge in [-0.05, 0) is 83.1 Å². The molecule has 0 atom stereocenters. The number of imidazole rings is 1. The number of hydrogen-bond acceptors (Lipinski definition) is 4. The SMILES string of the molecule is CC(C)(C)c1ccnc(-n2c3ccccc3c3ccc(Oc4ccc5c6cc7sc8ccccc8c7cc6n6ccnc6c5c4)cc32)c1. The third-order valence-electron chi connectivity index (χ3n) is 9.64. The van der Waals surface area contributed by atoms with E-state index in [0.717, 1.165) is 55.7 Å². The number of para-hydroxylation sites is 1. The zero-order valence-corrected chi connectivity index (χ0v) is 27.5. The maximum Gasteiger partial charge on any atom is 0.145 e. The number of aromatic nitrogens is 4. The Bertz CT molecular complexity index is 2920. The van der Waals surface area contributed by atoms with Crippen LogP contribution in [0.2, 0.25) is 0 Å². The summed E-state index contributed by atoms with van der Waals surface area (Å²) in [6.07, 6.45) is 5.85. The maximum atomic E-state index is 6.64. The quantitative estimate of drug-likeness (QED) is 0.181. The third kappa shape index (κ3) is 4.02. The van der Waals surface area contributed by atoms with Crippen LogP contribution in [0.3, 0.4) is 0 Å². The molecule has 10 aromatic rings. The molecule has 0 aliphatic rings. The zero-order valence-electron chi connectivity index (χ0n) is 26.7. The third-order valence-corrected chi connectivity index (χ3v) is 10.8. The van der Waals surface area contributed by atoms with Crippen LogP contribution in [0.5, 0.6) is 11.5 Å². The van der Waals surface area contributed by atoms with Crippen LogP contribution < -0.4 is 4.74 Å². The van der Waals surface area contributed by atoms with E-state index >= 15 is 0 Å². The monoisotopic (exact) mass is 638 g/mol. The van der Waals surface area contributed by atoms with Gasteiger partial charge < -0.3 is 4.74 Å². The standard InChI is InChI=1S/C42H30N4OS/c1-42(2,3)25-16-17-43-40(20-25)46-35-10-6-4-8-29(35)30-15-13-27(22-37(30)46)47-26-12-14-28-32-24-39-33(31-9-5-7-11-38(31)48-39)23-36(32)45-19-18-44-41(45)34(28)21-26/h4-24H,1-3H3. The fraction of sp³-hybridized carbons (Fsp3) is 0.0952. The molecule has 5 aromatic carbocycles. The molecular formula is C42H30N4OS. The van der Waals surface area contributed by atoms with Gasteiger partial charge in [-0.3, -0.25) is 8.97 Å². The number of benzene rings is 5. The van der Waals surface area contributed by atoms with E-state index in [2.05, 4.69) is 145 Å². The number of rotatable bonds is 3. The van der Waals surface area contributed by atoms with Gasteiger partial charge in [0.2, 0.25) is 0 Å². The maximum absolute atomic E-state index is 6.64. The summed E-state index contributed by atoms with van der Waals surface area (Å²) in [7, 11) is 0. The largest absolute Gasteiger partial charge is 0.457 e. The van der Waals surface area contributed by atoms with Gasteiger partial charge in [0.15, 0.2) is 0 Å². The van der Waals surface area contributed by atoms with Gasteiger partial charge in [0.25, 0.3) is 0 Å². The smallest absolute Gasteiger partial charge is 0.145 e. The molecule has 0 amide bonds. The minimum atomic E-state index is 0.0102. The van der Waals surface area contributed by atoms with E-state index in [4.69, 9.17) is 14.7 Å². The Morgan fingerprint density at radius 2 is 1.33 bits per heavy atom. The van der Waals surface area contributed by atoms with Gasteiger partial charge in [0.05, 0.1) is 16.6 Å². The van der Waals surface area contributed by atoms with Crippen LogP contribution in [-0.4, -0.2) is 18.9 Å². The molecule has 0 saturated heterocycles. The molecule has 0 aliphatic heterocycles. The Balaban J connectivity index is 1.13. The fourth-order valence-electron chi connectivity index (χ4n) is 7.28. The lowest BCUT2D eigenvalue weighted by Crippen LogP contribution is -2.12. The van der Waals surface area contributed by atoms with Crippen LogP contribution in [0.25, 0.3) is 75.1 Å². The van der Waals surface area contributed by atoms with E-state index in [0.29, 0.717) is 0 Å². The molecule has 10 rings (SSSR count). The Labute approximate surface area is 280 Å². The lowest BCUT2D eigenvalue weighted by Gasteiger charge is -2.20. The van der Waals surface area contributed by atoms with Gasteiger partial charge in [-0.25, -0.2) is 9.97 Å². The molecule has 0 bridgehead atoms. The summed E-state index contributed by atoms with van der Waals surface area (Å²) < 4.78 is 13.7. The normalized spacial score (nSPS) is 12.5. The van der Waals surface area contributed by atoms with Gasteiger partial charge in [0, 0.05) is 66.4 Å². The van der Waals surface area contributed by atoms with Gasteiger partial charge in [-0.2, -0.15) is 0 Å². The molecular weight excluding hydrogens is 609 g/mol. The molecule has 5 heterocycles. The van der Waals surface area contributed by atoms with Gasteiger partial charge in [-0.15, -0.1) is 11.3 Å². The number of thiophene rings is 1. The molecule has 230 valence electrons. The first-order valence-corrected chi connectivity index (χ1v) is 17.0. The van der Waals surface area contributed by atoms with Crippen molar-refractivity contribution in [3.8, 4) is 17.3 Å². The number of fused-ring (bicyclic) bond motifs is 12. The van der Waals surface area contributed by atoms with Crippen molar-refractivity contribution in [2.24, 2.45) is 0 Å². The molecule has 5 aromatic heterocycles. The van der Waals surface area contributed by atoms with Crippen LogP contribution in [-0.2, 0) is 5.41 Å². The van der Waals surface area contributed by atoms with E-state index in [9.17, 15) is 0 Å². The first-order chi connectivity index (χ1) is 23.4. The lowest BCUT2D eigenvalue weighted by molar-refractivity contribution is 0.484. The van der Waals surface area contributed by atoms with Crippen LogP contribution in [0.4, 0.5) is 0 Å². The van der Waals surface area contributed by atoms with Gasteiger partial charge >= 0.3 is 0 Å². The van der Waals surface area contributed by atoms with Crippen LogP contribution in [0, 0.1) is 0 Å². The highest BCUT2D eigenvalue weighted by atomic mass is 32.1. The summed E-state index contributed by atoms with van der Waals surface area (Å²) >= 11 is 1.84. The summed E-state index contributed by atoms with van der Waals surface area (Å²) in [6, 6.07) is 38.9. The van der Waals surface area contributed by atoms with E-state index in [1.54, 1.807) is 0 Å². The zero-order chi connectivity index (χ0) is 32.1. The van der Waals surface area contributed by atoms with Crippen molar-refractivity contribution in [3.63, 3.8) is 0 Å². The lowest BCUT2D eigenvalue weighted by atomic mass is 9.88. The molecule has 5 nitrogen and oxygen atoms in total. The molecule has 0 spiro atoms. The number of pyridine rings is 2. The van der Waals surface area contributed by atoms with Crippen LogP contribution in [0.15, 0.2) is 128 Å². The average Bonchev–Trinajstić information content (AvgIpc) is 3.81. The van der Waals surface area contributed by atoms with Crippen molar-refractivity contribution < 1.29 is 4.74 Å². The molecule has 6 heteroatoms. The van der Waals surface area contributed by atoms with Crippen molar-refractivity contribution in [3.05, 3.63) is 133 Å². The van der Waals surface area contributed by atoms with Crippen molar-refractivity contribution >= 4 is 80.6 Å². The number of hydrogen-bond donors (Lipinski definition) is 0. The number of ether oxygens (including phenoxy) is 1. The summed E-state index contributed by atoms with van der Waals surface area (Å²) in [5.74, 6) is 2.44. The topological polar surface area (TPSA) is 44.4 Å². The second-order valence-corrected chi connectivity index (χ2v) is 14.7. The first-order valence-electron chi connectivity index (χ1n) is 16.2. The average molecular weight is 639 g/mol. The Kier molecular flexibility index (Phi) is 5.65. The van der Waals surface area contributed by atoms with E-state index in [-0.39, 0.29) is 5.41 Å². The van der Waals surface area contributed by atoms with Crippen molar-refractivity contribution in [2.75, 3.05) is 0 Å². The highest BCUT2D eigenvalue weighted by Gasteiger charge is 2.19. The van der Waals surface area contributed by atoms with Crippen molar-refractivity contribution in [1.29, 1.82) is 0 Å². The highest BCUT2D eigenvalue weighted by molar-refractivity contribution is 7.25. The molecule has 0 fully saturated rings. The van der Waals surface area contributed by atoms with Gasteiger partial charge in [0.1, 0.15) is 23.0 Å². The van der Waals surface area contributed by atoms with E-state index < -0.39 is 0 Å². The van der Waals surface area contributed by atoms with Crippen LogP contribution in [0.1, 0.15) is 26.3 Å². The van der Waals surface area contributed by atoms with E-state index in [1.807, 2.05) is 23.7 Å². The molecule has 48 heavy (non-hydrogen) atoms. The van der Waals surface area contributed by atoms with Gasteiger partial charge in [-0.1, -0.05) is 57.2 Å². The van der Waals surface area contributed by atoms with Crippen molar-refractivity contribution in [2.45, 2.75) is 26.2 Å². The first kappa shape index (κ1) is 27.4. The molecule has 0 saturated carbocycles. The van der Waals surface area contributed by atoms with Crippen LogP contribution >= 0.6 is 11.3 Å². The summed E-state index contributed by atoms with van der Waals surface area (Å²) in [5.41, 5.74) is 5.51. The fourth-order valence-corrected chi connectivity index (χ4v) is 8.41. The minimum absolute atomic E-state index is 0.0102. The second-order valence-electron chi connectivity index (χ2n) is 13.6. The number of nitrogens with zero attached hydrogens (tertiary/aromatic N) is 4. The molecule has 0 radical (unpaired) electrons. The minimum Gasteiger partial charge on any atom is -0.457 e. The summed E-state index contributed by atoms with van der Waals surface area (Å²) in [5, 5.41) is 8.36. The molecule has 0 N–H and O–H groups in total. The second kappa shape index (κ2) is 9.89. The van der Waals surface area contributed by atoms with Crippen molar-refractivity contribution in [1.82, 2.24) is 18.9 Å². The Morgan fingerprint density at radius 1 is 0.562 bits per heavy atom. The predicted molar refractivity (Wildman–Crippen MR) is 200 cm³/mol. The summed E-state index contributed by atoms with van der Waals surface area (Å²) in [6.45, 7) is 6.70. The molecule has 0 unspecified atom stereocenters. The Morgan fingerprint density at radius 3 is 2.21 bits per heavy atom.